The SMILES string of the molecule is CCCN(CCC)CCOc1ccc2c(c1)C(=O)N(CCCCO[N+](=O)[O-])C2=O. The van der Waals surface area contributed by atoms with Gasteiger partial charge in [0.25, 0.3) is 16.9 Å². The summed E-state index contributed by atoms with van der Waals surface area (Å²) in [4.78, 5) is 42.9. The van der Waals surface area contributed by atoms with Gasteiger partial charge in [-0.15, -0.1) is 10.1 Å². The molecular weight excluding hydrogens is 378 g/mol. The number of unbranched alkanes of at least 4 members (excludes halogenated alkanes) is 1. The summed E-state index contributed by atoms with van der Waals surface area (Å²) < 4.78 is 5.80. The van der Waals surface area contributed by atoms with E-state index < -0.39 is 5.09 Å². The molecule has 9 nitrogen and oxygen atoms in total. The minimum atomic E-state index is -0.854. The van der Waals surface area contributed by atoms with Crippen molar-refractivity contribution in [3.8, 4) is 5.75 Å². The van der Waals surface area contributed by atoms with Crippen molar-refractivity contribution in [2.75, 3.05) is 39.4 Å². The van der Waals surface area contributed by atoms with Gasteiger partial charge in [-0.1, -0.05) is 13.8 Å². The van der Waals surface area contributed by atoms with Crippen molar-refractivity contribution in [1.82, 2.24) is 9.80 Å². The molecule has 9 heteroatoms. The number of ether oxygens (including phenoxy) is 1. The fourth-order valence-corrected chi connectivity index (χ4v) is 3.33. The van der Waals surface area contributed by atoms with Crippen molar-refractivity contribution in [1.29, 1.82) is 0 Å². The first kappa shape index (κ1) is 22.6. The highest BCUT2D eigenvalue weighted by molar-refractivity contribution is 6.21. The molecule has 0 bridgehead atoms. The first-order valence-electron chi connectivity index (χ1n) is 10.1. The average Bonchev–Trinajstić information content (AvgIpc) is 2.92. The summed E-state index contributed by atoms with van der Waals surface area (Å²) in [6.45, 7) is 7.81. The Balaban J connectivity index is 1.88. The van der Waals surface area contributed by atoms with Crippen LogP contribution in [0.4, 0.5) is 0 Å². The second-order valence-corrected chi connectivity index (χ2v) is 6.92. The molecule has 0 N–H and O–H groups in total. The maximum absolute atomic E-state index is 12.6. The highest BCUT2D eigenvalue weighted by Crippen LogP contribution is 2.27. The molecule has 2 rings (SSSR count). The number of carbonyl (C=O) groups excluding carboxylic acids is 2. The van der Waals surface area contributed by atoms with Crippen molar-refractivity contribution in [2.24, 2.45) is 0 Å². The van der Waals surface area contributed by atoms with Gasteiger partial charge in [0.15, 0.2) is 0 Å². The molecule has 0 atom stereocenters. The van der Waals surface area contributed by atoms with Crippen LogP contribution in [0.3, 0.4) is 0 Å². The maximum Gasteiger partial charge on any atom is 0.294 e. The van der Waals surface area contributed by atoms with Gasteiger partial charge in [-0.25, -0.2) is 0 Å². The van der Waals surface area contributed by atoms with E-state index in [2.05, 4.69) is 23.6 Å². The molecule has 0 saturated carbocycles. The molecule has 0 fully saturated rings. The fraction of sp³-hybridized carbons (Fsp3) is 0.600. The van der Waals surface area contributed by atoms with Crippen LogP contribution in [-0.2, 0) is 4.84 Å². The van der Waals surface area contributed by atoms with E-state index in [4.69, 9.17) is 4.74 Å². The van der Waals surface area contributed by atoms with E-state index in [1.54, 1.807) is 18.2 Å². The summed E-state index contributed by atoms with van der Waals surface area (Å²) in [5.74, 6) is -0.132. The van der Waals surface area contributed by atoms with Crippen molar-refractivity contribution in [3.05, 3.63) is 39.4 Å². The number of hydrogen-bond donors (Lipinski definition) is 0. The Hall–Kier alpha value is -2.68. The summed E-state index contributed by atoms with van der Waals surface area (Å²) in [5, 5.41) is 9.28. The van der Waals surface area contributed by atoms with Gasteiger partial charge in [-0.3, -0.25) is 19.4 Å². The van der Waals surface area contributed by atoms with E-state index in [-0.39, 0.29) is 25.0 Å². The smallest absolute Gasteiger partial charge is 0.294 e. The average molecular weight is 407 g/mol. The topological polar surface area (TPSA) is 102 Å². The van der Waals surface area contributed by atoms with E-state index in [0.29, 0.717) is 36.3 Å². The third-order valence-corrected chi connectivity index (χ3v) is 4.67. The minimum absolute atomic E-state index is 0.0543. The largest absolute Gasteiger partial charge is 0.492 e. The van der Waals surface area contributed by atoms with Crippen LogP contribution in [0.25, 0.3) is 0 Å². The van der Waals surface area contributed by atoms with Gasteiger partial charge in [0, 0.05) is 13.1 Å². The molecule has 0 radical (unpaired) electrons. The van der Waals surface area contributed by atoms with E-state index in [1.807, 2.05) is 0 Å². The third-order valence-electron chi connectivity index (χ3n) is 4.67. The van der Waals surface area contributed by atoms with Crippen LogP contribution in [0.5, 0.6) is 5.75 Å². The Morgan fingerprint density at radius 3 is 2.34 bits per heavy atom. The number of hydrogen-bond acceptors (Lipinski definition) is 7. The lowest BCUT2D eigenvalue weighted by Gasteiger charge is -2.20. The first-order valence-corrected chi connectivity index (χ1v) is 10.1. The van der Waals surface area contributed by atoms with Crippen molar-refractivity contribution in [2.45, 2.75) is 39.5 Å². The molecule has 1 aliphatic rings. The Bertz CT molecular complexity index is 718. The fourth-order valence-electron chi connectivity index (χ4n) is 3.33. The van der Waals surface area contributed by atoms with Crippen LogP contribution in [0.15, 0.2) is 18.2 Å². The number of fused-ring (bicyclic) bond motifs is 1. The summed E-state index contributed by atoms with van der Waals surface area (Å²) >= 11 is 0. The molecule has 0 aromatic heterocycles. The first-order chi connectivity index (χ1) is 14.0. The van der Waals surface area contributed by atoms with Crippen molar-refractivity contribution >= 4 is 11.8 Å². The highest BCUT2D eigenvalue weighted by atomic mass is 16.9. The molecule has 29 heavy (non-hydrogen) atoms. The maximum atomic E-state index is 12.6. The number of benzene rings is 1. The molecule has 0 saturated heterocycles. The number of amides is 2. The van der Waals surface area contributed by atoms with Crippen LogP contribution in [0.2, 0.25) is 0 Å². The zero-order valence-corrected chi connectivity index (χ0v) is 17.1. The lowest BCUT2D eigenvalue weighted by atomic mass is 10.1. The lowest BCUT2D eigenvalue weighted by Crippen LogP contribution is -2.30. The van der Waals surface area contributed by atoms with Crippen LogP contribution in [0.1, 0.15) is 60.2 Å². The summed E-state index contributed by atoms with van der Waals surface area (Å²) in [6.07, 6.45) is 3.00. The molecule has 0 aliphatic carbocycles. The van der Waals surface area contributed by atoms with Gasteiger partial charge < -0.3 is 9.57 Å². The molecule has 160 valence electrons. The summed E-state index contributed by atoms with van der Waals surface area (Å²) in [6, 6.07) is 4.95. The number of imide groups is 1. The molecule has 1 aromatic rings. The number of rotatable bonds is 14. The molecule has 0 spiro atoms. The van der Waals surface area contributed by atoms with Crippen molar-refractivity contribution in [3.63, 3.8) is 0 Å². The molecule has 1 heterocycles. The predicted octanol–water partition coefficient (Wildman–Crippen LogP) is 2.77. The van der Waals surface area contributed by atoms with Crippen LogP contribution >= 0.6 is 0 Å². The van der Waals surface area contributed by atoms with Crippen LogP contribution in [-0.4, -0.2) is 66.1 Å². The zero-order chi connectivity index (χ0) is 21.2. The summed E-state index contributed by atoms with van der Waals surface area (Å²) in [7, 11) is 0. The standard InChI is InChI=1S/C20H29N3O6/c1-3-9-21(10-4-2)12-14-28-16-7-8-17-18(15-16)20(25)22(19(17)24)11-5-6-13-29-23(26)27/h7-8,15H,3-6,9-14H2,1-2H3. The van der Waals surface area contributed by atoms with Gasteiger partial charge in [0.2, 0.25) is 0 Å². The van der Waals surface area contributed by atoms with Gasteiger partial charge in [-0.05, 0) is 57.0 Å². The van der Waals surface area contributed by atoms with Crippen LogP contribution in [0, 0.1) is 10.1 Å². The second-order valence-electron chi connectivity index (χ2n) is 6.92. The Kier molecular flexibility index (Phi) is 8.85. The predicted molar refractivity (Wildman–Crippen MR) is 107 cm³/mol. The Morgan fingerprint density at radius 1 is 1.00 bits per heavy atom. The lowest BCUT2D eigenvalue weighted by molar-refractivity contribution is -0.757. The van der Waals surface area contributed by atoms with Gasteiger partial charge in [-0.2, -0.15) is 0 Å². The van der Waals surface area contributed by atoms with E-state index in [0.717, 1.165) is 32.5 Å². The van der Waals surface area contributed by atoms with E-state index >= 15 is 0 Å². The van der Waals surface area contributed by atoms with E-state index in [1.165, 1.54) is 4.90 Å². The second kappa shape index (κ2) is 11.4. The Morgan fingerprint density at radius 2 is 1.69 bits per heavy atom. The van der Waals surface area contributed by atoms with Crippen LogP contribution < -0.4 is 4.74 Å². The quantitative estimate of drug-likeness (QED) is 0.202. The molecular formula is C20H29N3O6. The molecule has 1 aliphatic heterocycles. The third kappa shape index (κ3) is 6.42. The highest BCUT2D eigenvalue weighted by Gasteiger charge is 2.35. The normalized spacial score (nSPS) is 13.1. The van der Waals surface area contributed by atoms with Gasteiger partial charge in [0.1, 0.15) is 12.4 Å². The van der Waals surface area contributed by atoms with Gasteiger partial charge in [0.05, 0.1) is 17.7 Å². The number of nitrogens with zero attached hydrogens (tertiary/aromatic N) is 3. The summed E-state index contributed by atoms with van der Waals surface area (Å²) in [5.41, 5.74) is 0.704. The zero-order valence-electron chi connectivity index (χ0n) is 17.1. The van der Waals surface area contributed by atoms with Gasteiger partial charge >= 0.3 is 0 Å². The number of carbonyl (C=O) groups is 2. The monoisotopic (exact) mass is 407 g/mol. The van der Waals surface area contributed by atoms with Crippen molar-refractivity contribution < 1.29 is 24.3 Å². The minimum Gasteiger partial charge on any atom is -0.492 e. The Labute approximate surface area is 170 Å². The molecule has 1 aromatic carbocycles. The molecule has 2 amide bonds. The van der Waals surface area contributed by atoms with E-state index in [9.17, 15) is 19.7 Å². The molecule has 0 unspecified atom stereocenters.